The van der Waals surface area contributed by atoms with Crippen molar-refractivity contribution in [2.24, 2.45) is 0 Å². The molecule has 2 rings (SSSR count). The Morgan fingerprint density at radius 1 is 1.25 bits per heavy atom. The lowest BCUT2D eigenvalue weighted by Gasteiger charge is -2.15. The predicted molar refractivity (Wildman–Crippen MR) is 72.3 cm³/mol. The normalized spacial score (nSPS) is 16.5. The number of anilines is 1. The number of rotatable bonds is 3. The van der Waals surface area contributed by atoms with Crippen LogP contribution in [0.2, 0.25) is 0 Å². The van der Waals surface area contributed by atoms with Crippen LogP contribution in [0.5, 0.6) is 0 Å². The zero-order valence-corrected chi connectivity index (χ0v) is 12.0. The zero-order chi connectivity index (χ0) is 14.9. The highest BCUT2D eigenvalue weighted by molar-refractivity contribution is 7.89. The number of nitrogens with zero attached hydrogens (tertiary/aromatic N) is 2. The average Bonchev–Trinajstić information content (AvgIpc) is 2.70. The molecule has 1 fully saturated rings. The van der Waals surface area contributed by atoms with E-state index in [-0.39, 0.29) is 29.9 Å². The number of hydrogen-bond donors (Lipinski definition) is 1. The summed E-state index contributed by atoms with van der Waals surface area (Å²) in [5.74, 6) is -0.462. The minimum atomic E-state index is -3.69. The molecule has 0 atom stereocenters. The second-order valence-corrected chi connectivity index (χ2v) is 6.49. The average molecular weight is 297 g/mol. The lowest BCUT2D eigenvalue weighted by atomic mass is 10.3. The summed E-state index contributed by atoms with van der Waals surface area (Å²) >= 11 is 0. The molecule has 1 aliphatic rings. The van der Waals surface area contributed by atoms with Crippen molar-refractivity contribution in [3.63, 3.8) is 0 Å². The molecule has 8 heteroatoms. The Kier molecular flexibility index (Phi) is 3.78. The number of carbonyl (C=O) groups excluding carboxylic acids is 2. The maximum Gasteiger partial charge on any atom is 0.245 e. The number of benzene rings is 1. The fourth-order valence-corrected chi connectivity index (χ4v) is 3.24. The first-order chi connectivity index (χ1) is 9.30. The number of amides is 2. The van der Waals surface area contributed by atoms with Crippen molar-refractivity contribution in [2.45, 2.75) is 11.8 Å². The molecule has 0 aliphatic carbocycles. The molecular formula is C12H15N3O4S. The van der Waals surface area contributed by atoms with Crippen molar-refractivity contribution in [1.82, 2.24) is 9.21 Å². The predicted octanol–water partition coefficient (Wildman–Crippen LogP) is 0.0652. The summed E-state index contributed by atoms with van der Waals surface area (Å²) in [6.07, 6.45) is 0. The van der Waals surface area contributed by atoms with E-state index >= 15 is 0 Å². The number of carbonyl (C=O) groups is 2. The fourth-order valence-electron chi connectivity index (χ4n) is 1.86. The molecule has 0 spiro atoms. The second kappa shape index (κ2) is 5.22. The Morgan fingerprint density at radius 3 is 2.30 bits per heavy atom. The standard InChI is InChI=1S/C12H15N3O4S/c1-9(16)13-10-3-5-11(6-4-10)20(18,19)15-7-12(17)14(2)8-15/h3-6H,7-8H2,1-2H3,(H,13,16). The highest BCUT2D eigenvalue weighted by Crippen LogP contribution is 2.20. The van der Waals surface area contributed by atoms with Crippen molar-refractivity contribution < 1.29 is 18.0 Å². The molecule has 1 aromatic rings. The number of likely N-dealkylation sites (N-methyl/N-ethyl adjacent to an activating group) is 1. The third kappa shape index (κ3) is 2.81. The van der Waals surface area contributed by atoms with E-state index in [1.165, 1.54) is 36.1 Å². The van der Waals surface area contributed by atoms with E-state index in [2.05, 4.69) is 5.32 Å². The maximum atomic E-state index is 12.3. The quantitative estimate of drug-likeness (QED) is 0.855. The first-order valence-corrected chi connectivity index (χ1v) is 7.36. The Labute approximate surface area is 117 Å². The number of hydrogen-bond acceptors (Lipinski definition) is 4. The Hall–Kier alpha value is -1.93. The van der Waals surface area contributed by atoms with Gasteiger partial charge in [0.25, 0.3) is 0 Å². The van der Waals surface area contributed by atoms with Gasteiger partial charge in [0.2, 0.25) is 21.8 Å². The van der Waals surface area contributed by atoms with E-state index in [0.717, 1.165) is 4.31 Å². The Morgan fingerprint density at radius 2 is 1.85 bits per heavy atom. The van der Waals surface area contributed by atoms with Crippen LogP contribution < -0.4 is 5.32 Å². The first-order valence-electron chi connectivity index (χ1n) is 5.92. The molecule has 0 radical (unpaired) electrons. The zero-order valence-electron chi connectivity index (χ0n) is 11.2. The second-order valence-electron chi connectivity index (χ2n) is 4.55. The van der Waals surface area contributed by atoms with Crippen LogP contribution in [0.15, 0.2) is 29.2 Å². The molecule has 1 heterocycles. The van der Waals surface area contributed by atoms with Crippen LogP contribution in [-0.2, 0) is 19.6 Å². The van der Waals surface area contributed by atoms with Crippen molar-refractivity contribution in [2.75, 3.05) is 25.6 Å². The van der Waals surface area contributed by atoms with Gasteiger partial charge in [-0.3, -0.25) is 9.59 Å². The molecule has 1 aliphatic heterocycles. The van der Waals surface area contributed by atoms with Gasteiger partial charge in [0.15, 0.2) is 0 Å². The highest BCUT2D eigenvalue weighted by atomic mass is 32.2. The van der Waals surface area contributed by atoms with Crippen molar-refractivity contribution >= 4 is 27.5 Å². The smallest absolute Gasteiger partial charge is 0.245 e. The van der Waals surface area contributed by atoms with Crippen LogP contribution >= 0.6 is 0 Å². The van der Waals surface area contributed by atoms with E-state index < -0.39 is 10.0 Å². The summed E-state index contributed by atoms with van der Waals surface area (Å²) < 4.78 is 25.8. The number of sulfonamides is 1. The van der Waals surface area contributed by atoms with Crippen LogP contribution in [0.4, 0.5) is 5.69 Å². The van der Waals surface area contributed by atoms with Gasteiger partial charge >= 0.3 is 0 Å². The van der Waals surface area contributed by atoms with Gasteiger partial charge in [-0.15, -0.1) is 0 Å². The van der Waals surface area contributed by atoms with Gasteiger partial charge in [-0.05, 0) is 24.3 Å². The Bertz CT molecular complexity index is 639. The van der Waals surface area contributed by atoms with Crippen LogP contribution in [0.1, 0.15) is 6.92 Å². The van der Waals surface area contributed by atoms with Gasteiger partial charge in [-0.2, -0.15) is 4.31 Å². The summed E-state index contributed by atoms with van der Waals surface area (Å²) in [5, 5.41) is 2.56. The molecule has 20 heavy (non-hydrogen) atoms. The summed E-state index contributed by atoms with van der Waals surface area (Å²) in [7, 11) is -2.14. The Balaban J connectivity index is 2.22. The number of nitrogens with one attached hydrogen (secondary N) is 1. The lowest BCUT2D eigenvalue weighted by Crippen LogP contribution is -2.30. The summed E-state index contributed by atoms with van der Waals surface area (Å²) in [4.78, 5) is 23.7. The van der Waals surface area contributed by atoms with E-state index in [9.17, 15) is 18.0 Å². The minimum Gasteiger partial charge on any atom is -0.331 e. The SMILES string of the molecule is CC(=O)Nc1ccc(S(=O)(=O)N2CC(=O)N(C)C2)cc1. The van der Waals surface area contributed by atoms with Crippen molar-refractivity contribution in [3.8, 4) is 0 Å². The third-order valence-corrected chi connectivity index (χ3v) is 4.71. The first kappa shape index (κ1) is 14.5. The monoisotopic (exact) mass is 297 g/mol. The van der Waals surface area contributed by atoms with E-state index in [1.54, 1.807) is 7.05 Å². The molecule has 0 unspecified atom stereocenters. The molecule has 7 nitrogen and oxygen atoms in total. The minimum absolute atomic E-state index is 0.0502. The van der Waals surface area contributed by atoms with Gasteiger partial charge in [-0.25, -0.2) is 8.42 Å². The van der Waals surface area contributed by atoms with Crippen molar-refractivity contribution in [1.29, 1.82) is 0 Å². The summed E-state index contributed by atoms with van der Waals surface area (Å²) in [6, 6.07) is 5.83. The molecule has 1 N–H and O–H groups in total. The fraction of sp³-hybridized carbons (Fsp3) is 0.333. The van der Waals surface area contributed by atoms with Crippen molar-refractivity contribution in [3.05, 3.63) is 24.3 Å². The lowest BCUT2D eigenvalue weighted by molar-refractivity contribution is -0.125. The van der Waals surface area contributed by atoms with Crippen LogP contribution in [0.3, 0.4) is 0 Å². The van der Waals surface area contributed by atoms with Crippen LogP contribution in [0, 0.1) is 0 Å². The van der Waals surface area contributed by atoms with Gasteiger partial charge in [0, 0.05) is 19.7 Å². The largest absolute Gasteiger partial charge is 0.331 e. The van der Waals surface area contributed by atoms with Gasteiger partial charge in [-0.1, -0.05) is 0 Å². The van der Waals surface area contributed by atoms with Gasteiger partial charge in [0.05, 0.1) is 18.1 Å². The van der Waals surface area contributed by atoms with E-state index in [1.807, 2.05) is 0 Å². The summed E-state index contributed by atoms with van der Waals surface area (Å²) in [5.41, 5.74) is 0.520. The maximum absolute atomic E-state index is 12.3. The van der Waals surface area contributed by atoms with E-state index in [4.69, 9.17) is 0 Å². The van der Waals surface area contributed by atoms with Crippen LogP contribution in [-0.4, -0.2) is 49.7 Å². The van der Waals surface area contributed by atoms with E-state index in [0.29, 0.717) is 5.69 Å². The molecule has 2 amide bonds. The molecule has 0 saturated carbocycles. The molecular weight excluding hydrogens is 282 g/mol. The molecule has 108 valence electrons. The molecule has 0 aromatic heterocycles. The topological polar surface area (TPSA) is 86.8 Å². The van der Waals surface area contributed by atoms with Gasteiger partial charge in [0.1, 0.15) is 0 Å². The molecule has 1 aromatic carbocycles. The molecule has 0 bridgehead atoms. The molecule has 1 saturated heterocycles. The summed E-state index contributed by atoms with van der Waals surface area (Å²) in [6.45, 7) is 1.28. The van der Waals surface area contributed by atoms with Crippen LogP contribution in [0.25, 0.3) is 0 Å². The third-order valence-electron chi connectivity index (χ3n) is 2.92. The highest BCUT2D eigenvalue weighted by Gasteiger charge is 2.34. The van der Waals surface area contributed by atoms with Gasteiger partial charge < -0.3 is 10.2 Å².